The normalized spacial score (nSPS) is 26.6. The minimum atomic E-state index is -0.671. The first-order valence-corrected chi connectivity index (χ1v) is 13.2. The molecule has 3 aliphatic rings. The first kappa shape index (κ1) is 26.9. The Morgan fingerprint density at radius 1 is 1.19 bits per heavy atom. The van der Waals surface area contributed by atoms with Gasteiger partial charge in [0, 0.05) is 38.0 Å². The number of benzene rings is 1. The lowest BCUT2D eigenvalue weighted by atomic mass is 9.95. The van der Waals surface area contributed by atoms with E-state index in [-0.39, 0.29) is 47.3 Å². The van der Waals surface area contributed by atoms with Crippen LogP contribution < -0.4 is 16.0 Å². The van der Waals surface area contributed by atoms with Gasteiger partial charge in [0.2, 0.25) is 17.7 Å². The monoisotopic (exact) mass is 512 g/mol. The molecule has 202 valence electrons. The molecular weight excluding hydrogens is 472 g/mol. The molecule has 9 nitrogen and oxygen atoms in total. The van der Waals surface area contributed by atoms with E-state index in [1.54, 1.807) is 20.8 Å². The van der Waals surface area contributed by atoms with Gasteiger partial charge in [-0.15, -0.1) is 0 Å². The molecule has 0 aromatic heterocycles. The molecule has 0 radical (unpaired) electrons. The second-order valence-corrected chi connectivity index (χ2v) is 12.2. The standard InChI is InChI=1S/C28H40N4O5/c1-27(2,3)37-26(36)32-16-20-22(28(20,4)5)23(32)25(35)31-19(13-18-11-12-29-24(18)34)14-21(33)30-15-17-9-7-6-8-10-17/h6-10,18-20,22-23H,11-16H2,1-5H3,(H,29,34)(H,30,33)(H,31,35)/t18-,19-,20-,22?,23-/m0/s1. The second kappa shape index (κ2) is 10.3. The topological polar surface area (TPSA) is 117 Å². The number of hydrogen-bond donors (Lipinski definition) is 3. The van der Waals surface area contributed by atoms with Crippen LogP contribution >= 0.6 is 0 Å². The number of nitrogens with zero attached hydrogens (tertiary/aromatic N) is 1. The number of piperidine rings is 1. The number of rotatable bonds is 8. The van der Waals surface area contributed by atoms with E-state index in [0.717, 1.165) is 5.56 Å². The lowest BCUT2D eigenvalue weighted by Crippen LogP contribution is -2.53. The van der Waals surface area contributed by atoms with Crippen LogP contribution in [0.25, 0.3) is 0 Å². The van der Waals surface area contributed by atoms with Gasteiger partial charge in [0.15, 0.2) is 0 Å². The summed E-state index contributed by atoms with van der Waals surface area (Å²) in [6.45, 7) is 11.1. The molecule has 0 spiro atoms. The molecule has 0 bridgehead atoms. The van der Waals surface area contributed by atoms with E-state index in [0.29, 0.717) is 32.5 Å². The van der Waals surface area contributed by atoms with Gasteiger partial charge in [-0.2, -0.15) is 0 Å². The molecule has 1 aromatic carbocycles. The molecule has 4 amide bonds. The molecule has 3 fully saturated rings. The van der Waals surface area contributed by atoms with Crippen LogP contribution in [-0.4, -0.2) is 59.5 Å². The van der Waals surface area contributed by atoms with E-state index in [2.05, 4.69) is 29.8 Å². The Balaban J connectivity index is 1.45. The van der Waals surface area contributed by atoms with Gasteiger partial charge in [-0.1, -0.05) is 44.2 Å². The number of carbonyl (C=O) groups excluding carboxylic acids is 4. The van der Waals surface area contributed by atoms with Crippen molar-refractivity contribution in [2.45, 2.75) is 78.1 Å². The van der Waals surface area contributed by atoms with Gasteiger partial charge >= 0.3 is 6.09 Å². The molecule has 2 heterocycles. The number of likely N-dealkylation sites (tertiary alicyclic amines) is 1. The Morgan fingerprint density at radius 3 is 2.51 bits per heavy atom. The molecular formula is C28H40N4O5. The molecule has 1 aromatic rings. The molecule has 3 N–H and O–H groups in total. The first-order valence-electron chi connectivity index (χ1n) is 13.2. The quantitative estimate of drug-likeness (QED) is 0.495. The highest BCUT2D eigenvalue weighted by Crippen LogP contribution is 2.65. The predicted octanol–water partition coefficient (Wildman–Crippen LogP) is 2.60. The maximum Gasteiger partial charge on any atom is 0.410 e. The van der Waals surface area contributed by atoms with Crippen LogP contribution in [-0.2, 0) is 25.7 Å². The smallest absolute Gasteiger partial charge is 0.410 e. The predicted molar refractivity (Wildman–Crippen MR) is 138 cm³/mol. The van der Waals surface area contributed by atoms with Gasteiger partial charge < -0.3 is 20.7 Å². The van der Waals surface area contributed by atoms with Crippen molar-refractivity contribution < 1.29 is 23.9 Å². The zero-order chi connectivity index (χ0) is 27.0. The largest absolute Gasteiger partial charge is 0.444 e. The Labute approximate surface area is 219 Å². The lowest BCUT2D eigenvalue weighted by molar-refractivity contribution is -0.129. The third kappa shape index (κ3) is 6.25. The second-order valence-electron chi connectivity index (χ2n) is 12.2. The van der Waals surface area contributed by atoms with Crippen LogP contribution in [0.1, 0.15) is 59.4 Å². The molecule has 2 saturated heterocycles. The number of amides is 4. The highest BCUT2D eigenvalue weighted by atomic mass is 16.6. The summed E-state index contributed by atoms with van der Waals surface area (Å²) < 4.78 is 5.59. The average Bonchev–Trinajstić information content (AvgIpc) is 3.17. The maximum atomic E-state index is 13.7. The van der Waals surface area contributed by atoms with E-state index < -0.39 is 23.8 Å². The molecule has 37 heavy (non-hydrogen) atoms. The summed E-state index contributed by atoms with van der Waals surface area (Å²) in [4.78, 5) is 53.3. The highest BCUT2D eigenvalue weighted by molar-refractivity contribution is 5.89. The SMILES string of the molecule is CC(C)(C)OC(=O)N1C[C@H]2C([C@H]1C(=O)N[C@H](CC(=O)NCc1ccccc1)C[C@@H]1CCNC1=O)C2(C)C. The van der Waals surface area contributed by atoms with Crippen LogP contribution in [0.3, 0.4) is 0 Å². The minimum absolute atomic E-state index is 0.0300. The Bertz CT molecular complexity index is 1030. The van der Waals surface area contributed by atoms with Crippen molar-refractivity contribution >= 4 is 23.8 Å². The van der Waals surface area contributed by atoms with Gasteiger partial charge in [0.05, 0.1) is 0 Å². The number of carbonyl (C=O) groups is 4. The van der Waals surface area contributed by atoms with Crippen LogP contribution in [0.15, 0.2) is 30.3 Å². The van der Waals surface area contributed by atoms with Crippen molar-refractivity contribution in [3.63, 3.8) is 0 Å². The summed E-state index contributed by atoms with van der Waals surface area (Å²) in [7, 11) is 0. The Hall–Kier alpha value is -3.10. The molecule has 1 unspecified atom stereocenters. The third-order valence-electron chi connectivity index (χ3n) is 7.95. The molecule has 2 aliphatic heterocycles. The zero-order valence-corrected chi connectivity index (χ0v) is 22.5. The molecule has 1 saturated carbocycles. The van der Waals surface area contributed by atoms with Crippen LogP contribution in [0.4, 0.5) is 4.79 Å². The maximum absolute atomic E-state index is 13.7. The van der Waals surface area contributed by atoms with Crippen molar-refractivity contribution in [1.82, 2.24) is 20.9 Å². The summed E-state index contributed by atoms with van der Waals surface area (Å²) in [5, 5.41) is 8.79. The Kier molecular flexibility index (Phi) is 7.53. The van der Waals surface area contributed by atoms with E-state index in [1.165, 1.54) is 4.90 Å². The van der Waals surface area contributed by atoms with Gasteiger partial charge in [-0.3, -0.25) is 19.3 Å². The van der Waals surface area contributed by atoms with Gasteiger partial charge in [-0.25, -0.2) is 4.79 Å². The average molecular weight is 513 g/mol. The third-order valence-corrected chi connectivity index (χ3v) is 7.95. The Morgan fingerprint density at radius 2 is 1.89 bits per heavy atom. The van der Waals surface area contributed by atoms with Crippen molar-refractivity contribution in [3.8, 4) is 0 Å². The fourth-order valence-electron chi connectivity index (χ4n) is 5.88. The fourth-order valence-corrected chi connectivity index (χ4v) is 5.88. The number of fused-ring (bicyclic) bond motifs is 1. The van der Waals surface area contributed by atoms with Crippen molar-refractivity contribution in [3.05, 3.63) is 35.9 Å². The summed E-state index contributed by atoms with van der Waals surface area (Å²) in [6, 6.07) is 8.41. The van der Waals surface area contributed by atoms with Crippen LogP contribution in [0, 0.1) is 23.2 Å². The fraction of sp³-hybridized carbons (Fsp3) is 0.643. The van der Waals surface area contributed by atoms with Crippen LogP contribution in [0.2, 0.25) is 0 Å². The summed E-state index contributed by atoms with van der Waals surface area (Å²) >= 11 is 0. The van der Waals surface area contributed by atoms with Gasteiger partial charge in [0.1, 0.15) is 11.6 Å². The summed E-state index contributed by atoms with van der Waals surface area (Å²) in [5.41, 5.74) is 0.261. The number of nitrogens with one attached hydrogen (secondary N) is 3. The molecule has 1 aliphatic carbocycles. The van der Waals surface area contributed by atoms with E-state index in [1.807, 2.05) is 30.3 Å². The van der Waals surface area contributed by atoms with Gasteiger partial charge in [0.25, 0.3) is 0 Å². The first-order chi connectivity index (χ1) is 17.4. The van der Waals surface area contributed by atoms with E-state index in [9.17, 15) is 19.2 Å². The van der Waals surface area contributed by atoms with E-state index in [4.69, 9.17) is 4.74 Å². The van der Waals surface area contributed by atoms with Crippen molar-refractivity contribution in [2.24, 2.45) is 23.2 Å². The van der Waals surface area contributed by atoms with Crippen molar-refractivity contribution in [1.29, 1.82) is 0 Å². The van der Waals surface area contributed by atoms with Crippen molar-refractivity contribution in [2.75, 3.05) is 13.1 Å². The lowest BCUT2D eigenvalue weighted by Gasteiger charge is -2.33. The number of hydrogen-bond acceptors (Lipinski definition) is 5. The highest BCUT2D eigenvalue weighted by Gasteiger charge is 2.69. The summed E-state index contributed by atoms with van der Waals surface area (Å²) in [5.74, 6) is -0.548. The molecule has 4 rings (SSSR count). The van der Waals surface area contributed by atoms with E-state index >= 15 is 0 Å². The summed E-state index contributed by atoms with van der Waals surface area (Å²) in [6.07, 6.45) is 0.594. The molecule has 9 heteroatoms. The molecule has 5 atom stereocenters. The van der Waals surface area contributed by atoms with Gasteiger partial charge in [-0.05, 0) is 56.4 Å². The van der Waals surface area contributed by atoms with Crippen LogP contribution in [0.5, 0.6) is 0 Å². The number of ether oxygens (including phenoxy) is 1. The zero-order valence-electron chi connectivity index (χ0n) is 22.5. The minimum Gasteiger partial charge on any atom is -0.444 e.